The number of carbonyl (C=O) groups is 1. The molecule has 0 radical (unpaired) electrons. The lowest BCUT2D eigenvalue weighted by molar-refractivity contribution is -0.131. The maximum Gasteiger partial charge on any atom is 0.328 e. The summed E-state index contributed by atoms with van der Waals surface area (Å²) in [7, 11) is 0. The second-order valence-corrected chi connectivity index (χ2v) is 5.09. The summed E-state index contributed by atoms with van der Waals surface area (Å²) in [6, 6.07) is 8.24. The summed E-state index contributed by atoms with van der Waals surface area (Å²) in [6.45, 7) is 5.76. The maximum atomic E-state index is 10.7. The molecule has 1 aliphatic rings. The van der Waals surface area contributed by atoms with Gasteiger partial charge in [-0.2, -0.15) is 0 Å². The van der Waals surface area contributed by atoms with Gasteiger partial charge in [0.25, 0.3) is 0 Å². The minimum atomic E-state index is -0.929. The summed E-state index contributed by atoms with van der Waals surface area (Å²) in [5.74, 6) is -0.929. The lowest BCUT2D eigenvalue weighted by atomic mass is 10.1. The number of rotatable bonds is 4. The van der Waals surface area contributed by atoms with Gasteiger partial charge in [-0.15, -0.1) is 0 Å². The molecule has 108 valence electrons. The first-order chi connectivity index (χ1) is 9.61. The zero-order chi connectivity index (χ0) is 14.5. The fourth-order valence-electron chi connectivity index (χ4n) is 2.53. The highest BCUT2D eigenvalue weighted by atomic mass is 16.5. The van der Waals surface area contributed by atoms with Crippen molar-refractivity contribution in [3.8, 4) is 0 Å². The molecule has 0 saturated carbocycles. The normalized spacial score (nSPS) is 23.2. The van der Waals surface area contributed by atoms with E-state index >= 15 is 0 Å². The fourth-order valence-corrected chi connectivity index (χ4v) is 2.53. The molecule has 1 aromatic rings. The van der Waals surface area contributed by atoms with E-state index < -0.39 is 5.97 Å². The first kappa shape index (κ1) is 14.6. The highest BCUT2D eigenvalue weighted by Crippen LogP contribution is 2.27. The zero-order valence-corrected chi connectivity index (χ0v) is 12.0. The van der Waals surface area contributed by atoms with Crippen molar-refractivity contribution >= 4 is 17.7 Å². The number of carboxylic acids is 1. The van der Waals surface area contributed by atoms with E-state index in [4.69, 9.17) is 9.84 Å². The Morgan fingerprint density at radius 2 is 2.25 bits per heavy atom. The molecule has 2 unspecified atom stereocenters. The number of nitrogens with zero attached hydrogens (tertiary/aromatic N) is 1. The van der Waals surface area contributed by atoms with Crippen molar-refractivity contribution in [3.63, 3.8) is 0 Å². The molecular formula is C16H21NO3. The lowest BCUT2D eigenvalue weighted by Crippen LogP contribution is -2.48. The van der Waals surface area contributed by atoms with Gasteiger partial charge in [-0.1, -0.05) is 25.1 Å². The monoisotopic (exact) mass is 275 g/mol. The summed E-state index contributed by atoms with van der Waals surface area (Å²) in [4.78, 5) is 13.0. The fraction of sp³-hybridized carbons (Fsp3) is 0.438. The molecule has 0 spiro atoms. The van der Waals surface area contributed by atoms with Gasteiger partial charge < -0.3 is 14.7 Å². The first-order valence-corrected chi connectivity index (χ1v) is 7.00. The van der Waals surface area contributed by atoms with Crippen LogP contribution in [0.3, 0.4) is 0 Å². The average molecular weight is 275 g/mol. The number of hydrogen-bond acceptors (Lipinski definition) is 3. The molecule has 1 aliphatic heterocycles. The van der Waals surface area contributed by atoms with Gasteiger partial charge in [0, 0.05) is 18.3 Å². The van der Waals surface area contributed by atoms with Crippen molar-refractivity contribution < 1.29 is 14.6 Å². The summed E-state index contributed by atoms with van der Waals surface area (Å²) in [5.41, 5.74) is 2.01. The summed E-state index contributed by atoms with van der Waals surface area (Å²) < 4.78 is 5.72. The molecule has 0 aliphatic carbocycles. The molecule has 4 heteroatoms. The van der Waals surface area contributed by atoms with Crippen molar-refractivity contribution in [2.45, 2.75) is 32.4 Å². The van der Waals surface area contributed by atoms with Gasteiger partial charge in [-0.05, 0) is 31.1 Å². The molecule has 2 rings (SSSR count). The average Bonchev–Trinajstić information content (AvgIpc) is 2.45. The molecule has 1 N–H and O–H groups in total. The Hall–Kier alpha value is -1.81. The zero-order valence-electron chi connectivity index (χ0n) is 12.0. The van der Waals surface area contributed by atoms with Crippen molar-refractivity contribution in [1.29, 1.82) is 0 Å². The predicted molar refractivity (Wildman–Crippen MR) is 80.0 cm³/mol. The van der Waals surface area contributed by atoms with Crippen molar-refractivity contribution in [2.24, 2.45) is 0 Å². The number of carboxylic acid groups (broad SMARTS) is 1. The summed E-state index contributed by atoms with van der Waals surface area (Å²) >= 11 is 0. The molecule has 4 nitrogen and oxygen atoms in total. The summed E-state index contributed by atoms with van der Waals surface area (Å²) in [5, 5.41) is 8.80. The van der Waals surface area contributed by atoms with E-state index in [9.17, 15) is 4.79 Å². The van der Waals surface area contributed by atoms with E-state index in [2.05, 4.69) is 18.7 Å². The van der Waals surface area contributed by atoms with E-state index in [1.807, 2.05) is 24.3 Å². The third-order valence-corrected chi connectivity index (χ3v) is 3.59. The highest BCUT2D eigenvalue weighted by molar-refractivity contribution is 5.87. The SMILES string of the molecule is CCC1COC(C)CN1c1ccccc1C=CC(=O)O. The van der Waals surface area contributed by atoms with Crippen LogP contribution >= 0.6 is 0 Å². The van der Waals surface area contributed by atoms with Crippen LogP contribution in [-0.4, -0.2) is 36.4 Å². The van der Waals surface area contributed by atoms with Gasteiger partial charge >= 0.3 is 5.97 Å². The first-order valence-electron chi connectivity index (χ1n) is 7.00. The van der Waals surface area contributed by atoms with Crippen molar-refractivity contribution in [1.82, 2.24) is 0 Å². The third kappa shape index (κ3) is 3.39. The van der Waals surface area contributed by atoms with Crippen molar-refractivity contribution in [2.75, 3.05) is 18.1 Å². The highest BCUT2D eigenvalue weighted by Gasteiger charge is 2.26. The Kier molecular flexibility index (Phi) is 4.79. The van der Waals surface area contributed by atoms with E-state index in [0.717, 1.165) is 24.2 Å². The minimum absolute atomic E-state index is 0.189. The summed E-state index contributed by atoms with van der Waals surface area (Å²) in [6.07, 6.45) is 4.03. The molecule has 20 heavy (non-hydrogen) atoms. The third-order valence-electron chi connectivity index (χ3n) is 3.59. The predicted octanol–water partition coefficient (Wildman–Crippen LogP) is 2.79. The van der Waals surface area contributed by atoms with Crippen LogP contribution < -0.4 is 4.90 Å². The number of anilines is 1. The van der Waals surface area contributed by atoms with Crippen molar-refractivity contribution in [3.05, 3.63) is 35.9 Å². The molecule has 1 fully saturated rings. The Bertz CT molecular complexity index is 498. The Labute approximate surface area is 119 Å². The Morgan fingerprint density at radius 1 is 1.50 bits per heavy atom. The molecule has 0 aromatic heterocycles. The van der Waals surface area contributed by atoms with Crippen LogP contribution in [0.2, 0.25) is 0 Å². The van der Waals surface area contributed by atoms with Crippen LogP contribution in [0.25, 0.3) is 6.08 Å². The van der Waals surface area contributed by atoms with Gasteiger partial charge in [-0.3, -0.25) is 0 Å². The Morgan fingerprint density at radius 3 is 2.95 bits per heavy atom. The number of benzene rings is 1. The second-order valence-electron chi connectivity index (χ2n) is 5.09. The van der Waals surface area contributed by atoms with Crippen LogP contribution in [-0.2, 0) is 9.53 Å². The number of ether oxygens (including phenoxy) is 1. The number of morpholine rings is 1. The van der Waals surface area contributed by atoms with Crippen LogP contribution in [0.4, 0.5) is 5.69 Å². The lowest BCUT2D eigenvalue weighted by Gasteiger charge is -2.40. The largest absolute Gasteiger partial charge is 0.478 e. The van der Waals surface area contributed by atoms with Crippen LogP contribution in [0.1, 0.15) is 25.8 Å². The second kappa shape index (κ2) is 6.57. The van der Waals surface area contributed by atoms with E-state index in [1.165, 1.54) is 6.08 Å². The molecule has 2 atom stereocenters. The van der Waals surface area contributed by atoms with Gasteiger partial charge in [0.1, 0.15) is 0 Å². The Balaban J connectivity index is 2.32. The van der Waals surface area contributed by atoms with Crippen LogP contribution in [0.5, 0.6) is 0 Å². The van der Waals surface area contributed by atoms with Crippen LogP contribution in [0, 0.1) is 0 Å². The number of aliphatic carboxylic acids is 1. The molecule has 1 heterocycles. The van der Waals surface area contributed by atoms with Crippen LogP contribution in [0.15, 0.2) is 30.3 Å². The molecule has 1 aromatic carbocycles. The number of para-hydroxylation sites is 1. The van der Waals surface area contributed by atoms with Gasteiger partial charge in [0.15, 0.2) is 0 Å². The molecule has 0 amide bonds. The maximum absolute atomic E-state index is 10.7. The van der Waals surface area contributed by atoms with E-state index in [-0.39, 0.29) is 6.10 Å². The van der Waals surface area contributed by atoms with Gasteiger partial charge in [0.2, 0.25) is 0 Å². The smallest absolute Gasteiger partial charge is 0.328 e. The standard InChI is InChI=1S/C16H21NO3/c1-3-14-11-20-12(2)10-17(14)15-7-5-4-6-13(15)8-9-16(18)19/h4-9,12,14H,3,10-11H2,1-2H3,(H,18,19). The quantitative estimate of drug-likeness (QED) is 0.858. The van der Waals surface area contributed by atoms with E-state index in [1.54, 1.807) is 6.08 Å². The number of hydrogen-bond donors (Lipinski definition) is 1. The topological polar surface area (TPSA) is 49.8 Å². The van der Waals surface area contributed by atoms with Gasteiger partial charge in [-0.25, -0.2) is 4.79 Å². The minimum Gasteiger partial charge on any atom is -0.478 e. The molecule has 0 bridgehead atoms. The molecule has 1 saturated heterocycles. The van der Waals surface area contributed by atoms with Gasteiger partial charge in [0.05, 0.1) is 18.8 Å². The van der Waals surface area contributed by atoms with E-state index in [0.29, 0.717) is 12.6 Å². The molecular weight excluding hydrogens is 254 g/mol.